The van der Waals surface area contributed by atoms with Gasteiger partial charge in [-0.1, -0.05) is 12.5 Å². The van der Waals surface area contributed by atoms with E-state index in [9.17, 15) is 14.7 Å². The third-order valence-corrected chi connectivity index (χ3v) is 4.48. The summed E-state index contributed by atoms with van der Waals surface area (Å²) in [6.45, 7) is 6.49. The molecule has 1 heterocycles. The summed E-state index contributed by atoms with van der Waals surface area (Å²) in [7, 11) is 0. The highest BCUT2D eigenvalue weighted by molar-refractivity contribution is 5.83. The number of fused-ring (bicyclic) bond motifs is 1. The van der Waals surface area contributed by atoms with Crippen molar-refractivity contribution in [2.24, 2.45) is 11.8 Å². The van der Waals surface area contributed by atoms with Gasteiger partial charge in [0.05, 0.1) is 6.04 Å². The first kappa shape index (κ1) is 14.1. The molecule has 2 aliphatic rings. The molecule has 19 heavy (non-hydrogen) atoms. The first-order valence-corrected chi connectivity index (χ1v) is 6.93. The summed E-state index contributed by atoms with van der Waals surface area (Å²) in [5.41, 5.74) is 0. The highest BCUT2D eigenvalue weighted by Crippen LogP contribution is 2.42. The van der Waals surface area contributed by atoms with Gasteiger partial charge in [0, 0.05) is 13.1 Å². The summed E-state index contributed by atoms with van der Waals surface area (Å²) in [5.74, 6) is -0.258. The van der Waals surface area contributed by atoms with E-state index in [0.717, 1.165) is 25.8 Å². The van der Waals surface area contributed by atoms with Crippen LogP contribution < -0.4 is 5.32 Å². The predicted octanol–water partition coefficient (Wildman–Crippen LogP) is 0.862. The molecule has 0 aromatic rings. The van der Waals surface area contributed by atoms with Crippen LogP contribution in [0.25, 0.3) is 0 Å². The molecule has 1 amide bonds. The molecule has 2 rings (SSSR count). The van der Waals surface area contributed by atoms with Crippen LogP contribution in [0.4, 0.5) is 0 Å². The molecule has 1 aliphatic heterocycles. The minimum absolute atomic E-state index is 0.119. The van der Waals surface area contributed by atoms with E-state index < -0.39 is 18.1 Å². The molecular weight excluding hydrogens is 244 g/mol. The topological polar surface area (TPSA) is 69.6 Å². The first-order chi connectivity index (χ1) is 9.06. The summed E-state index contributed by atoms with van der Waals surface area (Å²) in [4.78, 5) is 25.3. The highest BCUT2D eigenvalue weighted by Gasteiger charge is 2.49. The fourth-order valence-electron chi connectivity index (χ4n) is 3.53. The van der Waals surface area contributed by atoms with Crippen molar-refractivity contribution in [3.05, 3.63) is 12.7 Å². The van der Waals surface area contributed by atoms with Crippen molar-refractivity contribution >= 4 is 11.9 Å². The first-order valence-electron chi connectivity index (χ1n) is 6.93. The number of nitrogens with zero attached hydrogens (tertiary/aromatic N) is 1. The van der Waals surface area contributed by atoms with E-state index in [1.807, 2.05) is 4.90 Å². The second kappa shape index (κ2) is 5.74. The average Bonchev–Trinajstić information content (AvgIpc) is 2.93. The van der Waals surface area contributed by atoms with Crippen molar-refractivity contribution in [1.82, 2.24) is 10.2 Å². The Kier molecular flexibility index (Phi) is 4.24. The van der Waals surface area contributed by atoms with Gasteiger partial charge in [-0.05, 0) is 31.6 Å². The van der Waals surface area contributed by atoms with Gasteiger partial charge in [0.2, 0.25) is 5.91 Å². The smallest absolute Gasteiger partial charge is 0.321 e. The van der Waals surface area contributed by atoms with Crippen LogP contribution in [-0.2, 0) is 9.59 Å². The third kappa shape index (κ3) is 2.66. The minimum atomic E-state index is -0.794. The Labute approximate surface area is 113 Å². The lowest BCUT2D eigenvalue weighted by molar-refractivity contribution is -0.145. The van der Waals surface area contributed by atoms with Crippen molar-refractivity contribution in [3.8, 4) is 0 Å². The summed E-state index contributed by atoms with van der Waals surface area (Å²) in [5, 5.41) is 12.2. The quantitative estimate of drug-likeness (QED) is 0.724. The number of carbonyl (C=O) groups is 2. The van der Waals surface area contributed by atoms with Crippen LogP contribution in [0.15, 0.2) is 12.7 Å². The van der Waals surface area contributed by atoms with Gasteiger partial charge >= 0.3 is 5.97 Å². The SMILES string of the molecule is C=CCNC(=O)C(C)N1CC2CCCC2C1C(=O)O. The zero-order valence-electron chi connectivity index (χ0n) is 11.3. The lowest BCUT2D eigenvalue weighted by Gasteiger charge is -2.29. The van der Waals surface area contributed by atoms with Crippen LogP contribution in [0.1, 0.15) is 26.2 Å². The number of carboxylic acids is 1. The number of carboxylic acid groups (broad SMARTS) is 1. The van der Waals surface area contributed by atoms with Crippen molar-refractivity contribution in [1.29, 1.82) is 0 Å². The van der Waals surface area contributed by atoms with E-state index in [0.29, 0.717) is 12.5 Å². The van der Waals surface area contributed by atoms with Crippen LogP contribution in [0.3, 0.4) is 0 Å². The Morgan fingerprint density at radius 3 is 2.89 bits per heavy atom. The Morgan fingerprint density at radius 1 is 1.53 bits per heavy atom. The summed E-state index contributed by atoms with van der Waals surface area (Å²) < 4.78 is 0. The maximum Gasteiger partial charge on any atom is 0.321 e. The number of aliphatic carboxylic acids is 1. The van der Waals surface area contributed by atoms with Crippen molar-refractivity contribution < 1.29 is 14.7 Å². The van der Waals surface area contributed by atoms with Crippen LogP contribution in [0.2, 0.25) is 0 Å². The van der Waals surface area contributed by atoms with Gasteiger partial charge in [-0.2, -0.15) is 0 Å². The molecular formula is C14H22N2O3. The van der Waals surface area contributed by atoms with E-state index >= 15 is 0 Å². The van der Waals surface area contributed by atoms with Gasteiger partial charge < -0.3 is 10.4 Å². The molecule has 1 aliphatic carbocycles. The van der Waals surface area contributed by atoms with Crippen LogP contribution >= 0.6 is 0 Å². The standard InChI is InChI=1S/C14H22N2O3/c1-3-7-15-13(17)9(2)16-8-10-5-4-6-11(10)12(16)14(18)19/h3,9-12H,1,4-8H2,2H3,(H,15,17)(H,18,19). The van der Waals surface area contributed by atoms with Crippen LogP contribution in [0.5, 0.6) is 0 Å². The van der Waals surface area contributed by atoms with Gasteiger partial charge in [0.15, 0.2) is 0 Å². The van der Waals surface area contributed by atoms with Crippen LogP contribution in [-0.4, -0.2) is 47.1 Å². The van der Waals surface area contributed by atoms with E-state index in [2.05, 4.69) is 11.9 Å². The number of amides is 1. The zero-order valence-corrected chi connectivity index (χ0v) is 11.3. The Balaban J connectivity index is 2.07. The fraction of sp³-hybridized carbons (Fsp3) is 0.714. The Morgan fingerprint density at radius 2 is 2.26 bits per heavy atom. The average molecular weight is 266 g/mol. The van der Waals surface area contributed by atoms with Gasteiger partial charge in [-0.15, -0.1) is 6.58 Å². The monoisotopic (exact) mass is 266 g/mol. The number of hydrogen-bond acceptors (Lipinski definition) is 3. The minimum Gasteiger partial charge on any atom is -0.480 e. The summed E-state index contributed by atoms with van der Waals surface area (Å²) in [6.07, 6.45) is 4.80. The molecule has 4 unspecified atom stereocenters. The number of carbonyl (C=O) groups excluding carboxylic acids is 1. The second-order valence-corrected chi connectivity index (χ2v) is 5.54. The molecule has 1 saturated heterocycles. The number of rotatable bonds is 5. The molecule has 5 nitrogen and oxygen atoms in total. The number of likely N-dealkylation sites (tertiary alicyclic amines) is 1. The molecule has 106 valence electrons. The lowest BCUT2D eigenvalue weighted by atomic mass is 9.94. The van der Waals surface area contributed by atoms with Gasteiger partial charge in [0.25, 0.3) is 0 Å². The third-order valence-electron chi connectivity index (χ3n) is 4.48. The van der Waals surface area contributed by atoms with E-state index in [4.69, 9.17) is 0 Å². The Bertz CT molecular complexity index is 383. The molecule has 0 spiro atoms. The number of hydrogen-bond donors (Lipinski definition) is 2. The molecule has 0 aromatic carbocycles. The molecule has 0 radical (unpaired) electrons. The molecule has 4 atom stereocenters. The van der Waals surface area contributed by atoms with E-state index in [-0.39, 0.29) is 11.8 Å². The highest BCUT2D eigenvalue weighted by atomic mass is 16.4. The van der Waals surface area contributed by atoms with Gasteiger partial charge in [-0.3, -0.25) is 14.5 Å². The van der Waals surface area contributed by atoms with E-state index in [1.54, 1.807) is 13.0 Å². The molecule has 2 fully saturated rings. The predicted molar refractivity (Wildman–Crippen MR) is 71.6 cm³/mol. The second-order valence-electron chi connectivity index (χ2n) is 5.54. The largest absolute Gasteiger partial charge is 0.480 e. The lowest BCUT2D eigenvalue weighted by Crippen LogP contribution is -2.51. The van der Waals surface area contributed by atoms with Gasteiger partial charge in [-0.25, -0.2) is 0 Å². The molecule has 0 aromatic heterocycles. The normalized spacial score (nSPS) is 31.7. The molecule has 5 heteroatoms. The maximum absolute atomic E-state index is 12.0. The van der Waals surface area contributed by atoms with E-state index in [1.165, 1.54) is 0 Å². The molecule has 2 N–H and O–H groups in total. The summed E-state index contributed by atoms with van der Waals surface area (Å²) in [6, 6.07) is -0.899. The van der Waals surface area contributed by atoms with Crippen molar-refractivity contribution in [2.75, 3.05) is 13.1 Å². The molecule has 1 saturated carbocycles. The summed E-state index contributed by atoms with van der Waals surface area (Å²) >= 11 is 0. The zero-order chi connectivity index (χ0) is 14.0. The van der Waals surface area contributed by atoms with Crippen molar-refractivity contribution in [2.45, 2.75) is 38.3 Å². The maximum atomic E-state index is 12.0. The molecule has 0 bridgehead atoms. The van der Waals surface area contributed by atoms with Gasteiger partial charge in [0.1, 0.15) is 6.04 Å². The fourth-order valence-corrected chi connectivity index (χ4v) is 3.53. The van der Waals surface area contributed by atoms with Crippen molar-refractivity contribution in [3.63, 3.8) is 0 Å². The Hall–Kier alpha value is -1.36. The van der Waals surface area contributed by atoms with Crippen LogP contribution in [0, 0.1) is 11.8 Å². The number of nitrogens with one attached hydrogen (secondary N) is 1.